The van der Waals surface area contributed by atoms with E-state index in [2.05, 4.69) is 17.2 Å². The van der Waals surface area contributed by atoms with Crippen molar-refractivity contribution in [3.05, 3.63) is 107 Å². The molecule has 1 aromatic heterocycles. The minimum absolute atomic E-state index is 0.102. The third-order valence-electron chi connectivity index (χ3n) is 5.54. The zero-order chi connectivity index (χ0) is 21.4. The predicted molar refractivity (Wildman–Crippen MR) is 119 cm³/mol. The molecule has 1 amide bonds. The summed E-state index contributed by atoms with van der Waals surface area (Å²) in [6.07, 6.45) is 0.817. The van der Waals surface area contributed by atoms with Gasteiger partial charge in [0.25, 0.3) is 5.91 Å². The minimum atomic E-state index is -0.318. The van der Waals surface area contributed by atoms with Crippen molar-refractivity contribution in [2.24, 2.45) is 0 Å². The highest BCUT2D eigenvalue weighted by atomic mass is 35.5. The fourth-order valence-electron chi connectivity index (χ4n) is 3.93. The first-order valence-electron chi connectivity index (χ1n) is 10.1. The number of halogens is 2. The summed E-state index contributed by atoms with van der Waals surface area (Å²) in [6, 6.07) is 23.3. The number of fused-ring (bicyclic) bond motifs is 1. The van der Waals surface area contributed by atoms with Crippen molar-refractivity contribution in [3.63, 3.8) is 0 Å². The lowest BCUT2D eigenvalue weighted by Crippen LogP contribution is -2.37. The zero-order valence-electron chi connectivity index (χ0n) is 16.6. The molecule has 0 radical (unpaired) electrons. The van der Waals surface area contributed by atoms with Gasteiger partial charge in [0.1, 0.15) is 11.5 Å². The molecule has 0 bridgehead atoms. The average molecular weight is 432 g/mol. The molecule has 4 aromatic rings. The molecule has 1 aliphatic rings. The van der Waals surface area contributed by atoms with Crippen LogP contribution in [0.3, 0.4) is 0 Å². The highest BCUT2D eigenvalue weighted by molar-refractivity contribution is 6.30. The Kier molecular flexibility index (Phi) is 5.04. The number of rotatable bonds is 3. The van der Waals surface area contributed by atoms with Crippen LogP contribution in [0.15, 0.2) is 78.9 Å². The second-order valence-corrected chi connectivity index (χ2v) is 8.00. The van der Waals surface area contributed by atoms with Crippen LogP contribution in [0.4, 0.5) is 4.39 Å². The first-order valence-corrected chi connectivity index (χ1v) is 10.4. The fraction of sp³-hybridized carbons (Fsp3) is 0.120. The fourth-order valence-corrected chi connectivity index (χ4v) is 4.12. The van der Waals surface area contributed by atoms with Gasteiger partial charge in [0.15, 0.2) is 0 Å². The molecule has 0 saturated carbocycles. The van der Waals surface area contributed by atoms with Gasteiger partial charge in [0.2, 0.25) is 0 Å². The zero-order valence-corrected chi connectivity index (χ0v) is 17.4. The van der Waals surface area contributed by atoms with Gasteiger partial charge in [0.05, 0.1) is 11.4 Å². The second kappa shape index (κ2) is 8.00. The first-order chi connectivity index (χ1) is 15.1. The monoisotopic (exact) mass is 431 g/mol. The lowest BCUT2D eigenvalue weighted by atomic mass is 9.99. The average Bonchev–Trinajstić information content (AvgIpc) is 3.24. The summed E-state index contributed by atoms with van der Waals surface area (Å²) in [5.74, 6) is -0.420. The Balaban J connectivity index is 1.56. The highest BCUT2D eigenvalue weighted by Gasteiger charge is 2.26. The Bertz CT molecular complexity index is 1270. The molecule has 6 heteroatoms. The van der Waals surface area contributed by atoms with E-state index in [4.69, 9.17) is 11.6 Å². The van der Waals surface area contributed by atoms with E-state index in [9.17, 15) is 9.18 Å². The van der Waals surface area contributed by atoms with Gasteiger partial charge in [-0.05, 0) is 66.1 Å². The van der Waals surface area contributed by atoms with Gasteiger partial charge < -0.3 is 4.90 Å². The summed E-state index contributed by atoms with van der Waals surface area (Å²) in [6.45, 7) is 1.20. The number of hydrogen-bond acceptors (Lipinski definition) is 2. The van der Waals surface area contributed by atoms with E-state index in [1.54, 1.807) is 35.0 Å². The normalized spacial score (nSPS) is 13.2. The van der Waals surface area contributed by atoms with E-state index in [-0.39, 0.29) is 11.7 Å². The van der Waals surface area contributed by atoms with Gasteiger partial charge in [-0.3, -0.25) is 4.79 Å². The van der Waals surface area contributed by atoms with E-state index in [1.165, 1.54) is 17.7 Å². The topological polar surface area (TPSA) is 38.1 Å². The Morgan fingerprint density at radius 1 is 0.935 bits per heavy atom. The van der Waals surface area contributed by atoms with Crippen molar-refractivity contribution in [2.75, 3.05) is 6.54 Å². The maximum absolute atomic E-state index is 13.6. The molecular formula is C25H19ClFN3O. The molecule has 31 heavy (non-hydrogen) atoms. The number of benzene rings is 3. The number of carbonyl (C=O) groups is 1. The summed E-state index contributed by atoms with van der Waals surface area (Å²) < 4.78 is 15.0. The minimum Gasteiger partial charge on any atom is -0.333 e. The Hall–Kier alpha value is -3.44. The van der Waals surface area contributed by atoms with Crippen molar-refractivity contribution in [2.45, 2.75) is 13.0 Å². The van der Waals surface area contributed by atoms with Crippen LogP contribution in [0.1, 0.15) is 21.6 Å². The van der Waals surface area contributed by atoms with Crippen molar-refractivity contribution >= 4 is 17.5 Å². The number of amides is 1. The Morgan fingerprint density at radius 2 is 1.71 bits per heavy atom. The third kappa shape index (κ3) is 3.84. The maximum atomic E-state index is 13.6. The number of hydrogen-bond donors (Lipinski definition) is 0. The molecule has 1 aliphatic heterocycles. The molecule has 4 nitrogen and oxygen atoms in total. The molecule has 2 heterocycles. The van der Waals surface area contributed by atoms with Crippen molar-refractivity contribution in [1.82, 2.24) is 14.7 Å². The molecule has 0 fully saturated rings. The van der Waals surface area contributed by atoms with Gasteiger partial charge in [-0.1, -0.05) is 41.9 Å². The number of carbonyl (C=O) groups excluding carboxylic acids is 1. The molecule has 0 unspecified atom stereocenters. The van der Waals surface area contributed by atoms with Crippen LogP contribution in [0.25, 0.3) is 16.9 Å². The van der Waals surface area contributed by atoms with E-state index in [0.717, 1.165) is 17.5 Å². The molecule has 154 valence electrons. The summed E-state index contributed by atoms with van der Waals surface area (Å²) in [5.41, 5.74) is 4.92. The van der Waals surface area contributed by atoms with Gasteiger partial charge in [-0.25, -0.2) is 9.07 Å². The van der Waals surface area contributed by atoms with Gasteiger partial charge in [0, 0.05) is 23.7 Å². The van der Waals surface area contributed by atoms with Gasteiger partial charge >= 0.3 is 0 Å². The standard InChI is InChI=1S/C25H19ClFN3O/c26-20-6-3-7-22(14-20)30-24(15-23(28-30)18-8-10-21(27)11-9-18)25(31)29-13-12-17-4-1-2-5-19(17)16-29/h1-11,14-15H,12-13,16H2. The lowest BCUT2D eigenvalue weighted by Gasteiger charge is -2.29. The van der Waals surface area contributed by atoms with Crippen LogP contribution in [-0.4, -0.2) is 27.1 Å². The van der Waals surface area contributed by atoms with E-state index in [0.29, 0.717) is 35.2 Å². The molecule has 0 saturated heterocycles. The molecule has 0 atom stereocenters. The second-order valence-electron chi connectivity index (χ2n) is 7.56. The predicted octanol–water partition coefficient (Wildman–Crippen LogP) is 5.53. The first kappa shape index (κ1) is 19.5. The van der Waals surface area contributed by atoms with Gasteiger partial charge in [-0.2, -0.15) is 5.10 Å². The Morgan fingerprint density at radius 3 is 2.48 bits per heavy atom. The molecule has 5 rings (SSSR count). The van der Waals surface area contributed by atoms with Crippen LogP contribution in [0.2, 0.25) is 5.02 Å². The molecular weight excluding hydrogens is 413 g/mol. The Labute approximate surface area is 184 Å². The largest absolute Gasteiger partial charge is 0.333 e. The molecule has 3 aromatic carbocycles. The number of nitrogens with zero attached hydrogens (tertiary/aromatic N) is 3. The summed E-state index contributed by atoms with van der Waals surface area (Å²) in [7, 11) is 0. The third-order valence-corrected chi connectivity index (χ3v) is 5.77. The SMILES string of the molecule is O=C(c1cc(-c2ccc(F)cc2)nn1-c1cccc(Cl)c1)N1CCc2ccccc2C1. The van der Waals surface area contributed by atoms with Crippen LogP contribution in [-0.2, 0) is 13.0 Å². The smallest absolute Gasteiger partial charge is 0.272 e. The molecule has 0 aliphatic carbocycles. The highest BCUT2D eigenvalue weighted by Crippen LogP contribution is 2.26. The summed E-state index contributed by atoms with van der Waals surface area (Å²) in [4.78, 5) is 15.4. The molecule has 0 N–H and O–H groups in total. The van der Waals surface area contributed by atoms with Crippen molar-refractivity contribution in [3.8, 4) is 16.9 Å². The van der Waals surface area contributed by atoms with Crippen LogP contribution >= 0.6 is 11.6 Å². The summed E-state index contributed by atoms with van der Waals surface area (Å²) >= 11 is 6.19. The van der Waals surface area contributed by atoms with E-state index in [1.807, 2.05) is 29.2 Å². The van der Waals surface area contributed by atoms with Crippen LogP contribution in [0.5, 0.6) is 0 Å². The van der Waals surface area contributed by atoms with Crippen molar-refractivity contribution < 1.29 is 9.18 Å². The maximum Gasteiger partial charge on any atom is 0.272 e. The van der Waals surface area contributed by atoms with E-state index >= 15 is 0 Å². The van der Waals surface area contributed by atoms with Crippen LogP contribution in [0, 0.1) is 5.82 Å². The number of aromatic nitrogens is 2. The lowest BCUT2D eigenvalue weighted by molar-refractivity contribution is 0.0725. The van der Waals surface area contributed by atoms with Crippen LogP contribution < -0.4 is 0 Å². The van der Waals surface area contributed by atoms with Crippen molar-refractivity contribution in [1.29, 1.82) is 0 Å². The molecule has 0 spiro atoms. The quantitative estimate of drug-likeness (QED) is 0.427. The van der Waals surface area contributed by atoms with E-state index < -0.39 is 0 Å². The van der Waals surface area contributed by atoms with Gasteiger partial charge in [-0.15, -0.1) is 0 Å². The summed E-state index contributed by atoms with van der Waals surface area (Å²) in [5, 5.41) is 5.23.